The lowest BCUT2D eigenvalue weighted by molar-refractivity contribution is -0.117. The maximum atomic E-state index is 12.5. The van der Waals surface area contributed by atoms with Crippen molar-refractivity contribution in [3.63, 3.8) is 0 Å². The van der Waals surface area contributed by atoms with Gasteiger partial charge in [-0.25, -0.2) is 0 Å². The molecule has 2 N–H and O–H groups in total. The fourth-order valence-electron chi connectivity index (χ4n) is 4.04. The van der Waals surface area contributed by atoms with Gasteiger partial charge in [-0.15, -0.1) is 12.4 Å². The van der Waals surface area contributed by atoms with Gasteiger partial charge in [-0.05, 0) is 61.0 Å². The molecule has 2 fully saturated rings. The number of carbonyl (C=O) groups is 1. The van der Waals surface area contributed by atoms with Crippen molar-refractivity contribution in [2.24, 2.45) is 5.92 Å². The Morgan fingerprint density at radius 1 is 1.28 bits per heavy atom. The van der Waals surface area contributed by atoms with Crippen molar-refractivity contribution in [2.75, 3.05) is 5.32 Å². The average Bonchev–Trinajstić information content (AvgIpc) is 2.87. The standard InChI is InChI=1S/C20H30N2OS.ClH/c1-13(2)24-12-16-5-4-6-19(14(16)3)22-20(23)11-15-9-17-7-8-18(10-15)21-17;/h4-6,13,15,17-18,21H,7-12H2,1-3H3,(H,22,23);1H. The minimum atomic E-state index is 0. The van der Waals surface area contributed by atoms with Crippen molar-refractivity contribution < 1.29 is 4.79 Å². The van der Waals surface area contributed by atoms with Gasteiger partial charge in [0, 0.05) is 29.9 Å². The highest BCUT2D eigenvalue weighted by atomic mass is 35.5. The summed E-state index contributed by atoms with van der Waals surface area (Å²) < 4.78 is 0. The number of amides is 1. The zero-order valence-electron chi connectivity index (χ0n) is 15.5. The predicted octanol–water partition coefficient (Wildman–Crippen LogP) is 4.92. The van der Waals surface area contributed by atoms with E-state index in [4.69, 9.17) is 0 Å². The molecule has 0 aromatic heterocycles. The Morgan fingerprint density at radius 2 is 1.96 bits per heavy atom. The molecule has 25 heavy (non-hydrogen) atoms. The molecule has 2 atom stereocenters. The van der Waals surface area contributed by atoms with E-state index in [2.05, 4.69) is 43.5 Å². The van der Waals surface area contributed by atoms with E-state index >= 15 is 0 Å². The molecule has 1 amide bonds. The molecule has 2 saturated heterocycles. The van der Waals surface area contributed by atoms with E-state index in [1.165, 1.54) is 24.0 Å². The van der Waals surface area contributed by atoms with Gasteiger partial charge in [0.15, 0.2) is 0 Å². The van der Waals surface area contributed by atoms with Crippen LogP contribution in [0.4, 0.5) is 5.69 Å². The zero-order valence-corrected chi connectivity index (χ0v) is 17.1. The highest BCUT2D eigenvalue weighted by Gasteiger charge is 2.34. The fourth-order valence-corrected chi connectivity index (χ4v) is 4.86. The van der Waals surface area contributed by atoms with Crippen LogP contribution < -0.4 is 10.6 Å². The number of anilines is 1. The summed E-state index contributed by atoms with van der Waals surface area (Å²) in [6, 6.07) is 7.57. The zero-order chi connectivity index (χ0) is 17.1. The number of halogens is 1. The number of piperidine rings is 1. The van der Waals surface area contributed by atoms with E-state index < -0.39 is 0 Å². The molecule has 2 aliphatic heterocycles. The molecule has 0 radical (unpaired) electrons. The molecule has 1 aromatic rings. The van der Waals surface area contributed by atoms with Gasteiger partial charge in [0.25, 0.3) is 0 Å². The molecule has 2 aliphatic rings. The maximum absolute atomic E-state index is 12.5. The molecule has 3 rings (SSSR count). The number of benzene rings is 1. The van der Waals surface area contributed by atoms with E-state index in [9.17, 15) is 4.79 Å². The Morgan fingerprint density at radius 3 is 2.60 bits per heavy atom. The number of rotatable bonds is 6. The van der Waals surface area contributed by atoms with Crippen LogP contribution in [0, 0.1) is 12.8 Å². The maximum Gasteiger partial charge on any atom is 0.224 e. The molecule has 2 bridgehead atoms. The molecule has 3 nitrogen and oxygen atoms in total. The second kappa shape index (κ2) is 9.29. The van der Waals surface area contributed by atoms with E-state index in [0.717, 1.165) is 24.3 Å². The minimum Gasteiger partial charge on any atom is -0.326 e. The van der Waals surface area contributed by atoms with Crippen LogP contribution in [0.1, 0.15) is 57.1 Å². The highest BCUT2D eigenvalue weighted by molar-refractivity contribution is 7.99. The first-order valence-electron chi connectivity index (χ1n) is 9.27. The summed E-state index contributed by atoms with van der Waals surface area (Å²) in [7, 11) is 0. The fraction of sp³-hybridized carbons (Fsp3) is 0.650. The summed E-state index contributed by atoms with van der Waals surface area (Å²) in [5, 5.41) is 7.44. The average molecular weight is 383 g/mol. The van der Waals surface area contributed by atoms with Crippen molar-refractivity contribution in [1.82, 2.24) is 5.32 Å². The summed E-state index contributed by atoms with van der Waals surface area (Å²) in [6.45, 7) is 6.56. The van der Waals surface area contributed by atoms with Crippen molar-refractivity contribution in [3.05, 3.63) is 29.3 Å². The lowest BCUT2D eigenvalue weighted by atomic mass is 9.89. The Labute approximate surface area is 162 Å². The molecule has 0 aliphatic carbocycles. The minimum absolute atomic E-state index is 0. The summed E-state index contributed by atoms with van der Waals surface area (Å²) in [5.41, 5.74) is 3.52. The van der Waals surface area contributed by atoms with Crippen LogP contribution in [-0.2, 0) is 10.5 Å². The first-order valence-corrected chi connectivity index (χ1v) is 10.3. The van der Waals surface area contributed by atoms with Crippen molar-refractivity contribution >= 4 is 35.8 Å². The van der Waals surface area contributed by atoms with Crippen LogP contribution in [0.25, 0.3) is 0 Å². The van der Waals surface area contributed by atoms with Gasteiger partial charge in [0.05, 0.1) is 0 Å². The quantitative estimate of drug-likeness (QED) is 0.733. The first kappa shape index (κ1) is 20.6. The van der Waals surface area contributed by atoms with Gasteiger partial charge < -0.3 is 10.6 Å². The Bertz CT molecular complexity index is 581. The number of fused-ring (bicyclic) bond motifs is 2. The molecule has 5 heteroatoms. The summed E-state index contributed by atoms with van der Waals surface area (Å²) >= 11 is 1.94. The third-order valence-electron chi connectivity index (χ3n) is 5.34. The molecular formula is C20H31ClN2OS. The van der Waals surface area contributed by atoms with Crippen LogP contribution in [0.3, 0.4) is 0 Å². The molecule has 140 valence electrons. The molecule has 2 heterocycles. The number of carbonyl (C=O) groups excluding carboxylic acids is 1. The van der Waals surface area contributed by atoms with Crippen LogP contribution in [0.2, 0.25) is 0 Å². The van der Waals surface area contributed by atoms with Crippen molar-refractivity contribution in [2.45, 2.75) is 76.0 Å². The Kier molecular flexibility index (Phi) is 7.66. The van der Waals surface area contributed by atoms with Crippen LogP contribution in [0.5, 0.6) is 0 Å². The monoisotopic (exact) mass is 382 g/mol. The largest absolute Gasteiger partial charge is 0.326 e. The molecule has 0 saturated carbocycles. The first-order chi connectivity index (χ1) is 11.5. The number of hydrogen-bond acceptors (Lipinski definition) is 3. The molecule has 2 unspecified atom stereocenters. The molecule has 1 aromatic carbocycles. The van der Waals surface area contributed by atoms with Crippen LogP contribution >= 0.6 is 24.2 Å². The smallest absolute Gasteiger partial charge is 0.224 e. The van der Waals surface area contributed by atoms with Crippen molar-refractivity contribution in [1.29, 1.82) is 0 Å². The Hall–Kier alpha value is -0.710. The van der Waals surface area contributed by atoms with E-state index in [1.807, 2.05) is 17.8 Å². The summed E-state index contributed by atoms with van der Waals surface area (Å²) in [5.74, 6) is 1.73. The third kappa shape index (κ3) is 5.63. The van der Waals surface area contributed by atoms with Crippen molar-refractivity contribution in [3.8, 4) is 0 Å². The van der Waals surface area contributed by atoms with E-state index in [-0.39, 0.29) is 18.3 Å². The Balaban J connectivity index is 0.00000225. The van der Waals surface area contributed by atoms with Crippen LogP contribution in [0.15, 0.2) is 18.2 Å². The van der Waals surface area contributed by atoms with Gasteiger partial charge in [-0.1, -0.05) is 26.0 Å². The number of thioether (sulfide) groups is 1. The summed E-state index contributed by atoms with van der Waals surface area (Å²) in [4.78, 5) is 12.5. The van der Waals surface area contributed by atoms with E-state index in [1.54, 1.807) is 0 Å². The second-order valence-electron chi connectivity index (χ2n) is 7.68. The van der Waals surface area contributed by atoms with Crippen LogP contribution in [-0.4, -0.2) is 23.2 Å². The van der Waals surface area contributed by atoms with Gasteiger partial charge in [-0.3, -0.25) is 4.79 Å². The SMILES string of the molecule is Cc1c(CSC(C)C)cccc1NC(=O)CC1CC2CCC(C1)N2.Cl. The highest BCUT2D eigenvalue weighted by Crippen LogP contribution is 2.33. The third-order valence-corrected chi connectivity index (χ3v) is 6.48. The topological polar surface area (TPSA) is 41.1 Å². The summed E-state index contributed by atoms with van der Waals surface area (Å²) in [6.07, 6.45) is 5.57. The normalized spacial score (nSPS) is 24.9. The lowest BCUT2D eigenvalue weighted by Crippen LogP contribution is -2.39. The van der Waals surface area contributed by atoms with Gasteiger partial charge in [0.1, 0.15) is 0 Å². The molecular weight excluding hydrogens is 352 g/mol. The molecule has 0 spiro atoms. The lowest BCUT2D eigenvalue weighted by Gasteiger charge is -2.28. The van der Waals surface area contributed by atoms with Gasteiger partial charge in [-0.2, -0.15) is 11.8 Å². The van der Waals surface area contributed by atoms with E-state index in [0.29, 0.717) is 29.7 Å². The second-order valence-corrected chi connectivity index (χ2v) is 9.24. The number of hydrogen-bond donors (Lipinski definition) is 2. The van der Waals surface area contributed by atoms with Gasteiger partial charge in [0.2, 0.25) is 5.91 Å². The van der Waals surface area contributed by atoms with Gasteiger partial charge >= 0.3 is 0 Å². The predicted molar refractivity (Wildman–Crippen MR) is 111 cm³/mol. The number of nitrogens with one attached hydrogen (secondary N) is 2.